The van der Waals surface area contributed by atoms with E-state index in [0.29, 0.717) is 11.1 Å². The Hall–Kier alpha value is -2.72. The van der Waals surface area contributed by atoms with Gasteiger partial charge in [0.05, 0.1) is 17.7 Å². The maximum atomic E-state index is 11.8. The van der Waals surface area contributed by atoms with E-state index >= 15 is 0 Å². The van der Waals surface area contributed by atoms with Crippen LogP contribution >= 0.6 is 0 Å². The van der Waals surface area contributed by atoms with E-state index in [9.17, 15) is 14.4 Å². The van der Waals surface area contributed by atoms with Gasteiger partial charge in [-0.3, -0.25) is 14.4 Å². The minimum Gasteiger partial charge on any atom is -0.481 e. The Morgan fingerprint density at radius 1 is 1.28 bits per heavy atom. The third-order valence-corrected chi connectivity index (χ3v) is 4.45. The number of carboxylic acid groups (broad SMARTS) is 1. The summed E-state index contributed by atoms with van der Waals surface area (Å²) in [5, 5.41) is 19.5. The zero-order valence-electron chi connectivity index (χ0n) is 14.1. The van der Waals surface area contributed by atoms with Crippen molar-refractivity contribution in [3.8, 4) is 6.07 Å². The molecule has 0 saturated carbocycles. The fourth-order valence-corrected chi connectivity index (χ4v) is 2.60. The number of ketones is 1. The number of nitrogens with zero attached hydrogens (tertiary/aromatic N) is 2. The Bertz CT molecular complexity index is 675. The largest absolute Gasteiger partial charge is 0.481 e. The van der Waals surface area contributed by atoms with Crippen molar-refractivity contribution in [1.29, 1.82) is 5.26 Å². The van der Waals surface area contributed by atoms with Crippen LogP contribution in [0.3, 0.4) is 0 Å². The predicted octanol–water partition coefficient (Wildman–Crippen LogP) is 1.18. The van der Waals surface area contributed by atoms with E-state index in [-0.39, 0.29) is 0 Å². The highest BCUT2D eigenvalue weighted by Gasteiger charge is 2.34. The van der Waals surface area contributed by atoms with E-state index < -0.39 is 30.1 Å². The van der Waals surface area contributed by atoms with Crippen LogP contribution in [0.4, 0.5) is 0 Å². The Labute approximate surface area is 146 Å². The number of amides is 1. The SMILES string of the molecule is C1CN2CCC12.CC(NC(=O)c1ccc(C#N)cc1)C(=O)CC(=O)O. The topological polar surface area (TPSA) is 111 Å². The number of nitrogens with one attached hydrogen (secondary N) is 1. The summed E-state index contributed by atoms with van der Waals surface area (Å²) in [7, 11) is 0. The molecule has 2 aliphatic heterocycles. The van der Waals surface area contributed by atoms with Gasteiger partial charge in [-0.05, 0) is 57.1 Å². The summed E-state index contributed by atoms with van der Waals surface area (Å²) in [6.45, 7) is 4.21. The molecule has 132 valence electrons. The number of hydrogen-bond acceptors (Lipinski definition) is 5. The number of rotatable bonds is 5. The molecule has 1 aromatic carbocycles. The molecular weight excluding hydrogens is 322 g/mol. The molecule has 2 heterocycles. The molecule has 0 aromatic heterocycles. The summed E-state index contributed by atoms with van der Waals surface area (Å²) in [5.74, 6) is -2.30. The minimum absolute atomic E-state index is 0.300. The molecule has 7 nitrogen and oxygen atoms in total. The number of nitriles is 1. The molecule has 1 unspecified atom stereocenters. The molecule has 0 radical (unpaired) electrons. The first-order valence-corrected chi connectivity index (χ1v) is 8.20. The van der Waals surface area contributed by atoms with Gasteiger partial charge >= 0.3 is 5.97 Å². The van der Waals surface area contributed by atoms with E-state index in [1.54, 1.807) is 0 Å². The molecule has 25 heavy (non-hydrogen) atoms. The van der Waals surface area contributed by atoms with Crippen LogP contribution in [0.15, 0.2) is 24.3 Å². The fraction of sp³-hybridized carbons (Fsp3) is 0.444. The van der Waals surface area contributed by atoms with Crippen LogP contribution in [0.2, 0.25) is 0 Å². The van der Waals surface area contributed by atoms with Crippen LogP contribution in [0.25, 0.3) is 0 Å². The molecule has 7 heteroatoms. The standard InChI is InChI=1S/C13H12N2O4.C5H9N/c1-8(11(16)6-12(17)18)15-13(19)10-4-2-9(7-14)3-5-10;1-3-6-4-2-5(1)6/h2-5,8H,6H2,1H3,(H,15,19)(H,17,18);5H,1-4H2. The third-order valence-electron chi connectivity index (χ3n) is 4.45. The predicted molar refractivity (Wildman–Crippen MR) is 89.9 cm³/mol. The van der Waals surface area contributed by atoms with Gasteiger partial charge in [-0.15, -0.1) is 0 Å². The monoisotopic (exact) mass is 343 g/mol. The lowest BCUT2D eigenvalue weighted by Crippen LogP contribution is -2.57. The second-order valence-corrected chi connectivity index (χ2v) is 6.19. The number of Topliss-reactive ketones (excluding diaryl/α,β-unsaturated/α-hetero) is 1. The van der Waals surface area contributed by atoms with Crippen LogP contribution in [0.1, 0.15) is 42.1 Å². The van der Waals surface area contributed by atoms with Crippen LogP contribution in [-0.4, -0.2) is 52.8 Å². The van der Waals surface area contributed by atoms with Gasteiger partial charge in [0.25, 0.3) is 5.91 Å². The summed E-state index contributed by atoms with van der Waals surface area (Å²) < 4.78 is 0. The molecule has 1 atom stereocenters. The Morgan fingerprint density at radius 2 is 1.84 bits per heavy atom. The summed E-state index contributed by atoms with van der Waals surface area (Å²) in [6.07, 6.45) is 2.34. The Balaban J connectivity index is 0.000000306. The molecule has 2 saturated heterocycles. The summed E-state index contributed by atoms with van der Waals surface area (Å²) in [4.78, 5) is 36.0. The highest BCUT2D eigenvalue weighted by atomic mass is 16.4. The van der Waals surface area contributed by atoms with Gasteiger partial charge in [-0.25, -0.2) is 0 Å². The second kappa shape index (κ2) is 8.40. The normalized spacial score (nSPS) is 16.6. The van der Waals surface area contributed by atoms with Crippen molar-refractivity contribution >= 4 is 17.7 Å². The van der Waals surface area contributed by atoms with Crippen molar-refractivity contribution in [2.24, 2.45) is 0 Å². The second-order valence-electron chi connectivity index (χ2n) is 6.19. The van der Waals surface area contributed by atoms with Crippen molar-refractivity contribution in [2.75, 3.05) is 13.1 Å². The number of benzene rings is 1. The van der Waals surface area contributed by atoms with Gasteiger partial charge in [-0.2, -0.15) is 5.26 Å². The van der Waals surface area contributed by atoms with Gasteiger partial charge in [-0.1, -0.05) is 0 Å². The van der Waals surface area contributed by atoms with E-state index in [4.69, 9.17) is 10.4 Å². The highest BCUT2D eigenvalue weighted by molar-refractivity contribution is 6.02. The van der Waals surface area contributed by atoms with Crippen molar-refractivity contribution < 1.29 is 19.5 Å². The van der Waals surface area contributed by atoms with Crippen LogP contribution < -0.4 is 5.32 Å². The molecule has 1 amide bonds. The number of carboxylic acids is 1. The zero-order chi connectivity index (χ0) is 18.4. The first-order valence-electron chi connectivity index (χ1n) is 8.20. The zero-order valence-corrected chi connectivity index (χ0v) is 14.1. The average Bonchev–Trinajstić information content (AvgIpc) is 2.58. The van der Waals surface area contributed by atoms with Crippen LogP contribution in [0.5, 0.6) is 0 Å². The first kappa shape index (κ1) is 18.6. The highest BCUT2D eigenvalue weighted by Crippen LogP contribution is 2.28. The number of aliphatic carboxylic acids is 1. The lowest BCUT2D eigenvalue weighted by Gasteiger charge is -2.50. The Kier molecular flexibility index (Phi) is 6.25. The van der Waals surface area contributed by atoms with Gasteiger partial charge in [0.1, 0.15) is 6.42 Å². The number of fused-ring (bicyclic) bond motifs is 1. The average molecular weight is 343 g/mol. The maximum absolute atomic E-state index is 11.8. The van der Waals surface area contributed by atoms with Crippen molar-refractivity contribution in [3.63, 3.8) is 0 Å². The number of carbonyl (C=O) groups excluding carboxylic acids is 2. The molecule has 0 spiro atoms. The Morgan fingerprint density at radius 3 is 2.20 bits per heavy atom. The van der Waals surface area contributed by atoms with Gasteiger partial charge < -0.3 is 15.3 Å². The van der Waals surface area contributed by atoms with Crippen molar-refractivity contribution in [2.45, 2.75) is 38.3 Å². The lowest BCUT2D eigenvalue weighted by atomic mass is 9.91. The molecule has 2 N–H and O–H groups in total. The maximum Gasteiger partial charge on any atom is 0.310 e. The molecule has 2 aliphatic rings. The molecule has 0 bridgehead atoms. The summed E-state index contributed by atoms with van der Waals surface area (Å²) in [5.41, 5.74) is 0.723. The summed E-state index contributed by atoms with van der Waals surface area (Å²) in [6, 6.07) is 7.98. The van der Waals surface area contributed by atoms with Crippen LogP contribution in [-0.2, 0) is 9.59 Å². The smallest absolute Gasteiger partial charge is 0.310 e. The number of carbonyl (C=O) groups is 3. The minimum atomic E-state index is -1.23. The van der Waals surface area contributed by atoms with E-state index in [2.05, 4.69) is 10.2 Å². The third kappa shape index (κ3) is 5.13. The fourth-order valence-electron chi connectivity index (χ4n) is 2.60. The van der Waals surface area contributed by atoms with Gasteiger partial charge in [0.2, 0.25) is 0 Å². The molecule has 1 aromatic rings. The van der Waals surface area contributed by atoms with Gasteiger partial charge in [0, 0.05) is 11.6 Å². The molecule has 3 rings (SSSR count). The van der Waals surface area contributed by atoms with E-state index in [0.717, 1.165) is 6.04 Å². The van der Waals surface area contributed by atoms with Crippen LogP contribution in [0, 0.1) is 11.3 Å². The number of hydrogen-bond donors (Lipinski definition) is 2. The van der Waals surface area contributed by atoms with Crippen molar-refractivity contribution in [1.82, 2.24) is 10.2 Å². The van der Waals surface area contributed by atoms with E-state index in [1.807, 2.05) is 6.07 Å². The van der Waals surface area contributed by atoms with Gasteiger partial charge in [0.15, 0.2) is 5.78 Å². The summed E-state index contributed by atoms with van der Waals surface area (Å²) >= 11 is 0. The number of piperidine rings is 1. The van der Waals surface area contributed by atoms with Crippen molar-refractivity contribution in [3.05, 3.63) is 35.4 Å². The van der Waals surface area contributed by atoms with E-state index in [1.165, 1.54) is 57.1 Å². The first-order chi connectivity index (χ1) is 11.9. The molecule has 0 aliphatic carbocycles. The lowest BCUT2D eigenvalue weighted by molar-refractivity contribution is -0.140. The molecular formula is C18H21N3O4. The quantitative estimate of drug-likeness (QED) is 0.777. The molecule has 2 fully saturated rings.